The van der Waals surface area contributed by atoms with Gasteiger partial charge in [0, 0.05) is 0 Å². The van der Waals surface area contributed by atoms with Gasteiger partial charge in [-0.25, -0.2) is 4.99 Å². The van der Waals surface area contributed by atoms with E-state index in [2.05, 4.69) is 10.3 Å². The van der Waals surface area contributed by atoms with Crippen LogP contribution in [0.4, 0.5) is 0 Å². The molecular formula is C6H6N2O. The summed E-state index contributed by atoms with van der Waals surface area (Å²) in [7, 11) is 0. The second kappa shape index (κ2) is 1.62. The van der Waals surface area contributed by atoms with Gasteiger partial charge in [0.2, 0.25) is 6.23 Å². The normalized spacial score (nSPS) is 28.4. The minimum absolute atomic E-state index is 0.0324. The molecule has 1 atom stereocenters. The summed E-state index contributed by atoms with van der Waals surface area (Å²) in [6.45, 7) is 0. The van der Waals surface area contributed by atoms with Gasteiger partial charge in [-0.05, 0) is 18.4 Å². The van der Waals surface area contributed by atoms with Gasteiger partial charge in [0.05, 0.1) is 0 Å². The van der Waals surface area contributed by atoms with E-state index in [9.17, 15) is 0 Å². The maximum atomic E-state index is 5.03. The van der Waals surface area contributed by atoms with Gasteiger partial charge in [-0.15, -0.1) is 0 Å². The van der Waals surface area contributed by atoms with Crippen LogP contribution in [-0.4, -0.2) is 12.6 Å². The second-order valence-corrected chi connectivity index (χ2v) is 1.87. The van der Waals surface area contributed by atoms with Crippen molar-refractivity contribution in [2.45, 2.75) is 6.23 Å². The lowest BCUT2D eigenvalue weighted by Gasteiger charge is -2.12. The molecule has 3 nitrogen and oxygen atoms in total. The third kappa shape index (κ3) is 0.614. The summed E-state index contributed by atoms with van der Waals surface area (Å²) in [6, 6.07) is 0. The van der Waals surface area contributed by atoms with Crippen molar-refractivity contribution in [3.05, 3.63) is 24.0 Å². The molecule has 0 aromatic rings. The van der Waals surface area contributed by atoms with E-state index < -0.39 is 0 Å². The quantitative estimate of drug-likeness (QED) is 0.503. The van der Waals surface area contributed by atoms with Crippen molar-refractivity contribution in [3.8, 4) is 0 Å². The number of hydrogen-bond donors (Lipinski definition) is 1. The number of hydrogen-bond acceptors (Lipinski definition) is 3. The van der Waals surface area contributed by atoms with Gasteiger partial charge in [0.25, 0.3) is 0 Å². The summed E-state index contributed by atoms with van der Waals surface area (Å²) in [4.78, 5) is 3.96. The molecule has 2 rings (SSSR count). The third-order valence-electron chi connectivity index (χ3n) is 1.28. The van der Waals surface area contributed by atoms with Crippen molar-refractivity contribution in [3.63, 3.8) is 0 Å². The standard InChI is InChI=1S/C6H6N2O/c1-2-5-6(7-3-1)9-4-8-5/h1-4,6-7H. The van der Waals surface area contributed by atoms with E-state index in [1.807, 2.05) is 18.4 Å². The Balaban J connectivity index is 2.31. The molecule has 0 bridgehead atoms. The Hall–Kier alpha value is -1.25. The molecule has 0 fully saturated rings. The lowest BCUT2D eigenvalue weighted by Crippen LogP contribution is -2.26. The topological polar surface area (TPSA) is 33.6 Å². The van der Waals surface area contributed by atoms with Gasteiger partial charge in [-0.3, -0.25) is 0 Å². The molecule has 2 aliphatic rings. The van der Waals surface area contributed by atoms with Crippen molar-refractivity contribution in [2.75, 3.05) is 0 Å². The van der Waals surface area contributed by atoms with E-state index in [1.165, 1.54) is 6.40 Å². The van der Waals surface area contributed by atoms with Gasteiger partial charge >= 0.3 is 0 Å². The largest absolute Gasteiger partial charge is 0.454 e. The number of nitrogens with zero attached hydrogens (tertiary/aromatic N) is 1. The minimum atomic E-state index is -0.0324. The molecule has 0 aliphatic carbocycles. The number of rotatable bonds is 0. The second-order valence-electron chi connectivity index (χ2n) is 1.87. The van der Waals surface area contributed by atoms with E-state index >= 15 is 0 Å². The molecule has 2 aliphatic heterocycles. The molecule has 0 radical (unpaired) electrons. The molecule has 0 saturated carbocycles. The minimum Gasteiger partial charge on any atom is -0.454 e. The third-order valence-corrected chi connectivity index (χ3v) is 1.28. The lowest BCUT2D eigenvalue weighted by molar-refractivity contribution is 0.231. The summed E-state index contributed by atoms with van der Waals surface area (Å²) < 4.78 is 5.03. The Labute approximate surface area is 52.7 Å². The van der Waals surface area contributed by atoms with Crippen LogP contribution in [-0.2, 0) is 4.74 Å². The van der Waals surface area contributed by atoms with Gasteiger partial charge in [0.15, 0.2) is 6.40 Å². The van der Waals surface area contributed by atoms with Crippen LogP contribution in [0.5, 0.6) is 0 Å². The molecule has 2 heterocycles. The van der Waals surface area contributed by atoms with Crippen LogP contribution < -0.4 is 5.32 Å². The maximum Gasteiger partial charge on any atom is 0.214 e. The Morgan fingerprint density at radius 1 is 1.67 bits per heavy atom. The maximum absolute atomic E-state index is 5.03. The smallest absolute Gasteiger partial charge is 0.214 e. The van der Waals surface area contributed by atoms with Crippen molar-refractivity contribution < 1.29 is 4.74 Å². The highest BCUT2D eigenvalue weighted by atomic mass is 16.5. The van der Waals surface area contributed by atoms with Crippen LogP contribution >= 0.6 is 0 Å². The lowest BCUT2D eigenvalue weighted by atomic mass is 10.3. The van der Waals surface area contributed by atoms with Gasteiger partial charge in [-0.1, -0.05) is 0 Å². The van der Waals surface area contributed by atoms with E-state index in [0.717, 1.165) is 5.70 Å². The fourth-order valence-electron chi connectivity index (χ4n) is 0.834. The molecule has 1 unspecified atom stereocenters. The number of nitrogens with one attached hydrogen (secondary N) is 1. The first-order chi connectivity index (χ1) is 4.47. The monoisotopic (exact) mass is 122 g/mol. The van der Waals surface area contributed by atoms with Gasteiger partial charge in [-0.2, -0.15) is 0 Å². The molecule has 0 spiro atoms. The van der Waals surface area contributed by atoms with Crippen molar-refractivity contribution in [2.24, 2.45) is 4.99 Å². The summed E-state index contributed by atoms with van der Waals surface area (Å²) >= 11 is 0. The van der Waals surface area contributed by atoms with Gasteiger partial charge < -0.3 is 10.1 Å². The molecule has 1 N–H and O–H groups in total. The van der Waals surface area contributed by atoms with Crippen LogP contribution in [0.3, 0.4) is 0 Å². The Bertz CT molecular complexity index is 205. The van der Waals surface area contributed by atoms with Crippen molar-refractivity contribution in [1.29, 1.82) is 0 Å². The average molecular weight is 122 g/mol. The van der Waals surface area contributed by atoms with Crippen molar-refractivity contribution in [1.82, 2.24) is 5.32 Å². The molecule has 0 aromatic heterocycles. The van der Waals surface area contributed by atoms with Crippen molar-refractivity contribution >= 4 is 6.40 Å². The van der Waals surface area contributed by atoms with Gasteiger partial charge in [0.1, 0.15) is 5.70 Å². The zero-order valence-corrected chi connectivity index (χ0v) is 4.74. The summed E-state index contributed by atoms with van der Waals surface area (Å²) in [5.74, 6) is 0. The molecular weight excluding hydrogens is 116 g/mol. The van der Waals surface area contributed by atoms with E-state index in [0.29, 0.717) is 0 Å². The summed E-state index contributed by atoms with van der Waals surface area (Å²) in [5.41, 5.74) is 0.942. The molecule has 0 saturated heterocycles. The highest BCUT2D eigenvalue weighted by Gasteiger charge is 2.17. The first-order valence-electron chi connectivity index (χ1n) is 2.77. The van der Waals surface area contributed by atoms with Crippen LogP contribution in [0.25, 0.3) is 0 Å². The number of allylic oxidation sites excluding steroid dienone is 2. The Morgan fingerprint density at radius 3 is 3.56 bits per heavy atom. The molecule has 0 amide bonds. The molecule has 0 aromatic carbocycles. The fourth-order valence-corrected chi connectivity index (χ4v) is 0.834. The molecule has 46 valence electrons. The summed E-state index contributed by atoms with van der Waals surface area (Å²) in [5, 5.41) is 2.98. The number of fused-ring (bicyclic) bond motifs is 1. The first kappa shape index (κ1) is 4.61. The highest BCUT2D eigenvalue weighted by molar-refractivity contribution is 5.54. The Morgan fingerprint density at radius 2 is 2.67 bits per heavy atom. The number of dihydropyridines is 1. The first-order valence-corrected chi connectivity index (χ1v) is 2.77. The average Bonchev–Trinajstić information content (AvgIpc) is 2.33. The SMILES string of the molecule is C1=CNC2OC=NC2=C1. The predicted octanol–water partition coefficient (Wildman–Crippen LogP) is 0.372. The van der Waals surface area contributed by atoms with Crippen LogP contribution in [0, 0.1) is 0 Å². The predicted molar refractivity (Wildman–Crippen MR) is 33.7 cm³/mol. The van der Waals surface area contributed by atoms with E-state index in [4.69, 9.17) is 4.74 Å². The fraction of sp³-hybridized carbons (Fsp3) is 0.167. The number of ether oxygens (including phenoxy) is 1. The van der Waals surface area contributed by atoms with E-state index in [1.54, 1.807) is 0 Å². The highest BCUT2D eigenvalue weighted by Crippen LogP contribution is 2.13. The summed E-state index contributed by atoms with van der Waals surface area (Å²) in [6.07, 6.45) is 7.08. The molecule has 9 heavy (non-hydrogen) atoms. The molecule has 3 heteroatoms. The van der Waals surface area contributed by atoms with Crippen LogP contribution in [0.2, 0.25) is 0 Å². The Kier molecular flexibility index (Phi) is 0.828. The zero-order valence-electron chi connectivity index (χ0n) is 4.74. The van der Waals surface area contributed by atoms with E-state index in [-0.39, 0.29) is 6.23 Å². The van der Waals surface area contributed by atoms with Crippen LogP contribution in [0.15, 0.2) is 29.0 Å². The van der Waals surface area contributed by atoms with Crippen LogP contribution in [0.1, 0.15) is 0 Å². The zero-order chi connectivity index (χ0) is 6.10. The number of aliphatic imine (C=N–C) groups is 1.